The van der Waals surface area contributed by atoms with E-state index in [1.807, 2.05) is 0 Å². The predicted octanol–water partition coefficient (Wildman–Crippen LogP) is 3.60. The minimum absolute atomic E-state index is 0.185. The van der Waals surface area contributed by atoms with Crippen molar-refractivity contribution in [2.75, 3.05) is 6.54 Å². The molecule has 2 rings (SSSR count). The molecule has 4 heteroatoms. The summed E-state index contributed by atoms with van der Waals surface area (Å²) < 4.78 is 5.48. The van der Waals surface area contributed by atoms with Crippen molar-refractivity contribution in [3.05, 3.63) is 11.7 Å². The van der Waals surface area contributed by atoms with Gasteiger partial charge in [0.2, 0.25) is 5.89 Å². The SMILES string of the molecule is CC(C)(C)CC(CN)c1nc(C2CCCCC2)no1. The van der Waals surface area contributed by atoms with Crippen LogP contribution in [0.25, 0.3) is 0 Å². The van der Waals surface area contributed by atoms with Gasteiger partial charge in [-0.05, 0) is 24.7 Å². The molecular weight excluding hydrogens is 238 g/mol. The average Bonchev–Trinajstić information content (AvgIpc) is 2.85. The van der Waals surface area contributed by atoms with E-state index in [1.54, 1.807) is 0 Å². The summed E-state index contributed by atoms with van der Waals surface area (Å²) in [6, 6.07) is 0. The van der Waals surface area contributed by atoms with Gasteiger partial charge in [-0.15, -0.1) is 0 Å². The third-order valence-corrected chi connectivity index (χ3v) is 3.92. The highest BCUT2D eigenvalue weighted by molar-refractivity contribution is 5.01. The summed E-state index contributed by atoms with van der Waals surface area (Å²) >= 11 is 0. The molecule has 1 aliphatic carbocycles. The number of hydrogen-bond donors (Lipinski definition) is 1. The first-order chi connectivity index (χ1) is 8.99. The van der Waals surface area contributed by atoms with Gasteiger partial charge in [-0.1, -0.05) is 45.2 Å². The number of hydrogen-bond acceptors (Lipinski definition) is 4. The van der Waals surface area contributed by atoms with Gasteiger partial charge >= 0.3 is 0 Å². The highest BCUT2D eigenvalue weighted by Crippen LogP contribution is 2.33. The summed E-state index contributed by atoms with van der Waals surface area (Å²) in [4.78, 5) is 4.63. The summed E-state index contributed by atoms with van der Waals surface area (Å²) in [6.45, 7) is 7.22. The van der Waals surface area contributed by atoms with Gasteiger partial charge in [-0.25, -0.2) is 0 Å². The Morgan fingerprint density at radius 2 is 1.95 bits per heavy atom. The van der Waals surface area contributed by atoms with E-state index in [4.69, 9.17) is 10.3 Å². The van der Waals surface area contributed by atoms with Crippen molar-refractivity contribution in [3.63, 3.8) is 0 Å². The van der Waals surface area contributed by atoms with Gasteiger partial charge in [0.15, 0.2) is 5.82 Å². The van der Waals surface area contributed by atoms with Crippen LogP contribution < -0.4 is 5.73 Å². The summed E-state index contributed by atoms with van der Waals surface area (Å²) in [6.07, 6.45) is 7.30. The highest BCUT2D eigenvalue weighted by atomic mass is 16.5. The lowest BCUT2D eigenvalue weighted by Gasteiger charge is -2.22. The second kappa shape index (κ2) is 6.04. The first-order valence-electron chi connectivity index (χ1n) is 7.53. The predicted molar refractivity (Wildman–Crippen MR) is 76.0 cm³/mol. The van der Waals surface area contributed by atoms with E-state index in [2.05, 4.69) is 30.9 Å². The lowest BCUT2D eigenvalue weighted by Crippen LogP contribution is -2.19. The van der Waals surface area contributed by atoms with Gasteiger partial charge in [-0.2, -0.15) is 4.98 Å². The Hall–Kier alpha value is -0.900. The fourth-order valence-corrected chi connectivity index (χ4v) is 2.95. The third kappa shape index (κ3) is 4.03. The molecule has 4 nitrogen and oxygen atoms in total. The maximum Gasteiger partial charge on any atom is 0.231 e. The molecule has 0 amide bonds. The molecule has 0 aromatic carbocycles. The van der Waals surface area contributed by atoms with Crippen LogP contribution in [0.5, 0.6) is 0 Å². The lowest BCUT2D eigenvalue weighted by atomic mass is 9.84. The van der Waals surface area contributed by atoms with Crippen LogP contribution in [0.2, 0.25) is 0 Å². The molecule has 108 valence electrons. The van der Waals surface area contributed by atoms with Crippen LogP contribution in [0, 0.1) is 5.41 Å². The molecule has 1 saturated carbocycles. The number of nitrogens with two attached hydrogens (primary N) is 1. The van der Waals surface area contributed by atoms with Crippen molar-refractivity contribution in [2.45, 2.75) is 71.1 Å². The van der Waals surface area contributed by atoms with Gasteiger partial charge in [0.25, 0.3) is 0 Å². The monoisotopic (exact) mass is 265 g/mol. The standard InChI is InChI=1S/C15H27N3O/c1-15(2,3)9-12(10-16)14-17-13(18-19-14)11-7-5-4-6-8-11/h11-12H,4-10,16H2,1-3H3. The molecule has 1 unspecified atom stereocenters. The molecular formula is C15H27N3O. The molecule has 1 aliphatic rings. The summed E-state index contributed by atoms with van der Waals surface area (Å²) in [5.41, 5.74) is 6.10. The molecule has 1 aromatic heterocycles. The van der Waals surface area contributed by atoms with Crippen LogP contribution in [-0.2, 0) is 0 Å². The Labute approximate surface area is 116 Å². The molecule has 0 saturated heterocycles. The van der Waals surface area contributed by atoms with Gasteiger partial charge in [0.05, 0.1) is 5.92 Å². The van der Waals surface area contributed by atoms with Crippen molar-refractivity contribution in [1.82, 2.24) is 10.1 Å². The van der Waals surface area contributed by atoms with Crippen molar-refractivity contribution in [2.24, 2.45) is 11.1 Å². The minimum atomic E-state index is 0.185. The maximum atomic E-state index is 5.87. The largest absolute Gasteiger partial charge is 0.339 e. The van der Waals surface area contributed by atoms with E-state index in [-0.39, 0.29) is 11.3 Å². The smallest absolute Gasteiger partial charge is 0.231 e. The van der Waals surface area contributed by atoms with Crippen molar-refractivity contribution in [3.8, 4) is 0 Å². The Morgan fingerprint density at radius 3 is 2.53 bits per heavy atom. The molecule has 0 aliphatic heterocycles. The fourth-order valence-electron chi connectivity index (χ4n) is 2.95. The number of rotatable bonds is 4. The van der Waals surface area contributed by atoms with E-state index < -0.39 is 0 Å². The molecule has 19 heavy (non-hydrogen) atoms. The highest BCUT2D eigenvalue weighted by Gasteiger charge is 2.26. The van der Waals surface area contributed by atoms with Crippen LogP contribution >= 0.6 is 0 Å². The molecule has 0 bridgehead atoms. The van der Waals surface area contributed by atoms with E-state index >= 15 is 0 Å². The Balaban J connectivity index is 2.05. The Morgan fingerprint density at radius 1 is 1.26 bits per heavy atom. The summed E-state index contributed by atoms with van der Waals surface area (Å²) in [5, 5.41) is 4.20. The van der Waals surface area contributed by atoms with Gasteiger partial charge in [-0.3, -0.25) is 0 Å². The van der Waals surface area contributed by atoms with Crippen molar-refractivity contribution < 1.29 is 4.52 Å². The second-order valence-electron chi connectivity index (χ2n) is 7.02. The van der Waals surface area contributed by atoms with E-state index in [9.17, 15) is 0 Å². The average molecular weight is 265 g/mol. The van der Waals surface area contributed by atoms with E-state index in [0.29, 0.717) is 12.5 Å². The molecule has 2 N–H and O–H groups in total. The fraction of sp³-hybridized carbons (Fsp3) is 0.867. The van der Waals surface area contributed by atoms with Crippen molar-refractivity contribution >= 4 is 0 Å². The van der Waals surface area contributed by atoms with Crippen LogP contribution in [0.1, 0.15) is 82.8 Å². The Kier molecular flexibility index (Phi) is 4.61. The molecule has 1 heterocycles. The zero-order valence-corrected chi connectivity index (χ0v) is 12.5. The van der Waals surface area contributed by atoms with Crippen molar-refractivity contribution in [1.29, 1.82) is 0 Å². The third-order valence-electron chi connectivity index (χ3n) is 3.92. The molecule has 0 radical (unpaired) electrons. The molecule has 0 spiro atoms. The maximum absolute atomic E-state index is 5.87. The zero-order valence-electron chi connectivity index (χ0n) is 12.5. The van der Waals surface area contributed by atoms with Gasteiger partial charge in [0, 0.05) is 12.5 Å². The van der Waals surface area contributed by atoms with Crippen LogP contribution in [0.15, 0.2) is 4.52 Å². The normalized spacial score (nSPS) is 19.6. The van der Waals surface area contributed by atoms with Crippen LogP contribution in [-0.4, -0.2) is 16.7 Å². The number of nitrogens with zero attached hydrogens (tertiary/aromatic N) is 2. The van der Waals surface area contributed by atoms with Crippen LogP contribution in [0.3, 0.4) is 0 Å². The first kappa shape index (κ1) is 14.5. The topological polar surface area (TPSA) is 64.9 Å². The molecule has 1 fully saturated rings. The molecule has 1 atom stereocenters. The van der Waals surface area contributed by atoms with E-state index in [1.165, 1.54) is 32.1 Å². The summed E-state index contributed by atoms with van der Waals surface area (Å²) in [7, 11) is 0. The quantitative estimate of drug-likeness (QED) is 0.903. The van der Waals surface area contributed by atoms with Gasteiger partial charge < -0.3 is 10.3 Å². The summed E-state index contributed by atoms with van der Waals surface area (Å²) in [5.74, 6) is 2.32. The minimum Gasteiger partial charge on any atom is -0.339 e. The Bertz CT molecular complexity index is 388. The lowest BCUT2D eigenvalue weighted by molar-refractivity contribution is 0.284. The van der Waals surface area contributed by atoms with Crippen LogP contribution in [0.4, 0.5) is 0 Å². The molecule has 1 aromatic rings. The first-order valence-corrected chi connectivity index (χ1v) is 7.53. The van der Waals surface area contributed by atoms with E-state index in [0.717, 1.165) is 18.1 Å². The number of aromatic nitrogens is 2. The second-order valence-corrected chi connectivity index (χ2v) is 7.02. The zero-order chi connectivity index (χ0) is 13.9. The van der Waals surface area contributed by atoms with Gasteiger partial charge in [0.1, 0.15) is 0 Å².